The Kier molecular flexibility index (Phi) is 7.32. The lowest BCUT2D eigenvalue weighted by atomic mass is 10.2. The molecule has 8 heteroatoms. The van der Waals surface area contributed by atoms with Gasteiger partial charge in [0.15, 0.2) is 0 Å². The first-order valence-electron chi connectivity index (χ1n) is 9.44. The number of nitrogens with one attached hydrogen (secondary N) is 2. The molecule has 1 aliphatic heterocycles. The van der Waals surface area contributed by atoms with Crippen LogP contribution in [0.1, 0.15) is 12.5 Å². The Balaban J connectivity index is 1.58. The van der Waals surface area contributed by atoms with Crippen molar-refractivity contribution in [1.29, 1.82) is 0 Å². The van der Waals surface area contributed by atoms with Gasteiger partial charge in [0.2, 0.25) is 5.91 Å². The summed E-state index contributed by atoms with van der Waals surface area (Å²) in [6.45, 7) is 4.31. The molecule has 3 rings (SSSR count). The van der Waals surface area contributed by atoms with Crippen molar-refractivity contribution in [3.8, 4) is 0 Å². The van der Waals surface area contributed by atoms with Crippen molar-refractivity contribution in [2.45, 2.75) is 19.6 Å². The van der Waals surface area contributed by atoms with Crippen molar-refractivity contribution >= 4 is 35.0 Å². The monoisotopic (exact) mass is 417 g/mol. The Morgan fingerprint density at radius 1 is 1.14 bits per heavy atom. The van der Waals surface area contributed by atoms with E-state index >= 15 is 0 Å². The first kappa shape index (κ1) is 21.0. The van der Waals surface area contributed by atoms with Crippen LogP contribution >= 0.6 is 11.6 Å². The highest BCUT2D eigenvalue weighted by Crippen LogP contribution is 2.34. The number of nitrogens with zero attached hydrogens (tertiary/aromatic N) is 1. The second-order valence-electron chi connectivity index (χ2n) is 6.65. The first-order chi connectivity index (χ1) is 14.0. The normalized spacial score (nSPS) is 14.8. The summed E-state index contributed by atoms with van der Waals surface area (Å²) in [7, 11) is 0. The molecule has 29 heavy (non-hydrogen) atoms. The third kappa shape index (κ3) is 5.85. The van der Waals surface area contributed by atoms with Gasteiger partial charge in [-0.15, -0.1) is 0 Å². The van der Waals surface area contributed by atoms with E-state index in [9.17, 15) is 9.59 Å². The summed E-state index contributed by atoms with van der Waals surface area (Å²) in [4.78, 5) is 26.7. The van der Waals surface area contributed by atoms with Crippen LogP contribution < -0.4 is 15.5 Å². The van der Waals surface area contributed by atoms with Crippen LogP contribution in [-0.2, 0) is 20.9 Å². The van der Waals surface area contributed by atoms with Gasteiger partial charge in [-0.05, 0) is 24.6 Å². The molecule has 0 radical (unpaired) electrons. The highest BCUT2D eigenvalue weighted by molar-refractivity contribution is 6.34. The van der Waals surface area contributed by atoms with E-state index in [1.54, 1.807) is 25.1 Å². The highest BCUT2D eigenvalue weighted by atomic mass is 35.5. The van der Waals surface area contributed by atoms with Gasteiger partial charge < -0.3 is 25.0 Å². The van der Waals surface area contributed by atoms with E-state index in [-0.39, 0.29) is 12.5 Å². The molecule has 0 saturated carbocycles. The smallest absolute Gasteiger partial charge is 0.408 e. The number of alkyl carbamates (subject to hydrolysis) is 1. The van der Waals surface area contributed by atoms with Gasteiger partial charge in [-0.1, -0.05) is 48.0 Å². The SMILES string of the molecule is C[C@H](NC(=O)OCc1ccccc1)C(=O)Nc1cccc(Cl)c1N1CCOCC1. The van der Waals surface area contributed by atoms with E-state index < -0.39 is 12.1 Å². The molecule has 0 unspecified atom stereocenters. The molecule has 0 spiro atoms. The Morgan fingerprint density at radius 2 is 1.86 bits per heavy atom. The van der Waals surface area contributed by atoms with Gasteiger partial charge in [0, 0.05) is 13.1 Å². The molecule has 2 N–H and O–H groups in total. The molecule has 1 aliphatic rings. The number of ether oxygens (including phenoxy) is 2. The maximum absolute atomic E-state index is 12.6. The summed E-state index contributed by atoms with van der Waals surface area (Å²) in [5.74, 6) is -0.363. The van der Waals surface area contributed by atoms with E-state index in [2.05, 4.69) is 15.5 Å². The van der Waals surface area contributed by atoms with Crippen LogP contribution in [0.3, 0.4) is 0 Å². The van der Waals surface area contributed by atoms with Crippen molar-refractivity contribution < 1.29 is 19.1 Å². The van der Waals surface area contributed by atoms with Crippen LogP contribution in [0.2, 0.25) is 5.02 Å². The number of rotatable bonds is 6. The van der Waals surface area contributed by atoms with Gasteiger partial charge in [-0.25, -0.2) is 4.79 Å². The number of hydrogen-bond acceptors (Lipinski definition) is 5. The van der Waals surface area contributed by atoms with Crippen molar-refractivity contribution in [2.24, 2.45) is 0 Å². The molecule has 1 atom stereocenters. The third-order valence-electron chi connectivity index (χ3n) is 4.51. The summed E-state index contributed by atoms with van der Waals surface area (Å²) in [6, 6.07) is 13.9. The number of halogens is 1. The topological polar surface area (TPSA) is 79.9 Å². The lowest BCUT2D eigenvalue weighted by Crippen LogP contribution is -2.42. The van der Waals surface area contributed by atoms with Crippen molar-refractivity contribution in [3.05, 3.63) is 59.1 Å². The van der Waals surface area contributed by atoms with Crippen LogP contribution in [0, 0.1) is 0 Å². The molecule has 7 nitrogen and oxygen atoms in total. The molecule has 2 aromatic carbocycles. The Morgan fingerprint density at radius 3 is 2.59 bits per heavy atom. The predicted molar refractivity (Wildman–Crippen MR) is 112 cm³/mol. The van der Waals surface area contributed by atoms with E-state index in [1.165, 1.54) is 0 Å². The fraction of sp³-hybridized carbons (Fsp3) is 0.333. The number of benzene rings is 2. The number of hydrogen-bond donors (Lipinski definition) is 2. The molecule has 1 saturated heterocycles. The largest absolute Gasteiger partial charge is 0.445 e. The zero-order valence-electron chi connectivity index (χ0n) is 16.2. The van der Waals surface area contributed by atoms with Crippen LogP contribution in [-0.4, -0.2) is 44.3 Å². The summed E-state index contributed by atoms with van der Waals surface area (Å²) in [6.07, 6.45) is -0.656. The number of carbonyl (C=O) groups is 2. The Labute approximate surface area is 174 Å². The molecule has 0 aromatic heterocycles. The van der Waals surface area contributed by atoms with Gasteiger partial charge in [-0.2, -0.15) is 0 Å². The van der Waals surface area contributed by atoms with Crippen LogP contribution in [0.15, 0.2) is 48.5 Å². The number of amides is 2. The fourth-order valence-electron chi connectivity index (χ4n) is 2.97. The number of morpholine rings is 1. The van der Waals surface area contributed by atoms with E-state index in [0.717, 1.165) is 11.3 Å². The van der Waals surface area contributed by atoms with Gasteiger partial charge in [0.1, 0.15) is 12.6 Å². The van der Waals surface area contributed by atoms with E-state index in [4.69, 9.17) is 21.1 Å². The quantitative estimate of drug-likeness (QED) is 0.752. The summed E-state index contributed by atoms with van der Waals surface area (Å²) < 4.78 is 10.5. The molecule has 2 amide bonds. The minimum Gasteiger partial charge on any atom is -0.445 e. The lowest BCUT2D eigenvalue weighted by Gasteiger charge is -2.31. The van der Waals surface area contributed by atoms with Crippen molar-refractivity contribution in [3.63, 3.8) is 0 Å². The average Bonchev–Trinajstić information content (AvgIpc) is 2.73. The summed E-state index contributed by atoms with van der Waals surface area (Å²) in [5, 5.41) is 5.94. The molecule has 2 aromatic rings. The molecule has 0 bridgehead atoms. The second kappa shape index (κ2) is 10.1. The summed E-state index contributed by atoms with van der Waals surface area (Å²) >= 11 is 6.39. The standard InChI is InChI=1S/C21H24ClN3O4/c1-15(23-21(27)29-14-16-6-3-2-4-7-16)20(26)24-18-9-5-8-17(22)19(18)25-10-12-28-13-11-25/h2-9,15H,10-14H2,1H3,(H,23,27)(H,24,26)/t15-/m0/s1. The molecular weight excluding hydrogens is 394 g/mol. The van der Waals surface area contributed by atoms with E-state index in [1.807, 2.05) is 30.3 Å². The zero-order chi connectivity index (χ0) is 20.6. The number of carbonyl (C=O) groups excluding carboxylic acids is 2. The van der Waals surface area contributed by atoms with Crippen LogP contribution in [0.4, 0.5) is 16.2 Å². The first-order valence-corrected chi connectivity index (χ1v) is 9.81. The maximum Gasteiger partial charge on any atom is 0.408 e. The van der Waals surface area contributed by atoms with Crippen molar-refractivity contribution in [2.75, 3.05) is 36.5 Å². The molecule has 0 aliphatic carbocycles. The Bertz CT molecular complexity index is 841. The van der Waals surface area contributed by atoms with Crippen molar-refractivity contribution in [1.82, 2.24) is 5.32 Å². The number of para-hydroxylation sites is 1. The van der Waals surface area contributed by atoms with Crippen LogP contribution in [0.25, 0.3) is 0 Å². The zero-order valence-corrected chi connectivity index (χ0v) is 16.9. The molecule has 1 heterocycles. The molecular formula is C21H24ClN3O4. The average molecular weight is 418 g/mol. The van der Waals surface area contributed by atoms with E-state index in [0.29, 0.717) is 37.0 Å². The maximum atomic E-state index is 12.6. The predicted octanol–water partition coefficient (Wildman–Crippen LogP) is 3.43. The highest BCUT2D eigenvalue weighted by Gasteiger charge is 2.22. The van der Waals surface area contributed by atoms with Gasteiger partial charge >= 0.3 is 6.09 Å². The Hall–Kier alpha value is -2.77. The minimum absolute atomic E-state index is 0.135. The van der Waals surface area contributed by atoms with Gasteiger partial charge in [-0.3, -0.25) is 4.79 Å². The molecule has 154 valence electrons. The lowest BCUT2D eigenvalue weighted by molar-refractivity contribution is -0.117. The second-order valence-corrected chi connectivity index (χ2v) is 7.06. The van der Waals surface area contributed by atoms with Crippen LogP contribution in [0.5, 0.6) is 0 Å². The number of anilines is 2. The molecule has 1 fully saturated rings. The fourth-order valence-corrected chi connectivity index (χ4v) is 3.27. The van der Waals surface area contributed by atoms with Gasteiger partial charge in [0.25, 0.3) is 0 Å². The van der Waals surface area contributed by atoms with Gasteiger partial charge in [0.05, 0.1) is 29.6 Å². The summed E-state index contributed by atoms with van der Waals surface area (Å²) in [5.41, 5.74) is 2.22. The minimum atomic E-state index is -0.783. The third-order valence-corrected chi connectivity index (χ3v) is 4.82.